The summed E-state index contributed by atoms with van der Waals surface area (Å²) in [4.78, 5) is 13.1. The zero-order valence-corrected chi connectivity index (χ0v) is 19.7. The van der Waals surface area contributed by atoms with Gasteiger partial charge in [0.1, 0.15) is 11.4 Å². The molecule has 4 rings (SSSR count). The maximum absolute atomic E-state index is 13.2. The van der Waals surface area contributed by atoms with E-state index in [0.717, 1.165) is 35.6 Å². The molecule has 32 heavy (non-hydrogen) atoms. The first-order chi connectivity index (χ1) is 15.3. The number of piperidine rings is 1. The normalized spacial score (nSPS) is 16.2. The maximum Gasteiger partial charge on any atom is 0.246 e. The molecule has 170 valence electrons. The molecule has 1 saturated heterocycles. The summed E-state index contributed by atoms with van der Waals surface area (Å²) in [7, 11) is -3.61. The van der Waals surface area contributed by atoms with E-state index in [1.165, 1.54) is 4.68 Å². The van der Waals surface area contributed by atoms with Gasteiger partial charge in [-0.1, -0.05) is 48.9 Å². The van der Waals surface area contributed by atoms with Crippen LogP contribution in [0, 0.1) is 13.8 Å². The van der Waals surface area contributed by atoms with Crippen LogP contribution in [-0.2, 0) is 21.4 Å². The van der Waals surface area contributed by atoms with Gasteiger partial charge in [0.15, 0.2) is 0 Å². The van der Waals surface area contributed by atoms with Gasteiger partial charge in [0.2, 0.25) is 15.9 Å². The van der Waals surface area contributed by atoms with E-state index in [1.807, 2.05) is 49.4 Å². The Labute approximate surface area is 189 Å². The molecule has 1 aromatic heterocycles. The van der Waals surface area contributed by atoms with Crippen LogP contribution < -0.4 is 5.32 Å². The van der Waals surface area contributed by atoms with Gasteiger partial charge >= 0.3 is 0 Å². The Morgan fingerprint density at radius 3 is 2.50 bits per heavy atom. The minimum Gasteiger partial charge on any atom is -0.348 e. The van der Waals surface area contributed by atoms with Gasteiger partial charge in [-0.2, -0.15) is 9.40 Å². The average molecular weight is 455 g/mol. The highest BCUT2D eigenvalue weighted by Gasteiger charge is 2.32. The van der Waals surface area contributed by atoms with Crippen molar-refractivity contribution in [2.24, 2.45) is 0 Å². The molecule has 0 aliphatic carbocycles. The van der Waals surface area contributed by atoms with Gasteiger partial charge in [0, 0.05) is 13.1 Å². The highest BCUT2D eigenvalue weighted by Crippen LogP contribution is 2.27. The highest BCUT2D eigenvalue weighted by atomic mass is 32.2. The van der Waals surface area contributed by atoms with Crippen molar-refractivity contribution in [2.45, 2.75) is 57.5 Å². The molecular weight excluding hydrogens is 424 g/mol. The molecule has 2 aromatic carbocycles. The van der Waals surface area contributed by atoms with E-state index >= 15 is 0 Å². The van der Waals surface area contributed by atoms with E-state index in [1.54, 1.807) is 18.2 Å². The van der Waals surface area contributed by atoms with E-state index in [9.17, 15) is 13.2 Å². The smallest absolute Gasteiger partial charge is 0.246 e. The molecular formula is C24H30N4O3S. The fourth-order valence-corrected chi connectivity index (χ4v) is 6.46. The van der Waals surface area contributed by atoms with Crippen molar-refractivity contribution in [3.8, 4) is 0 Å². The van der Waals surface area contributed by atoms with Crippen LogP contribution >= 0.6 is 0 Å². The van der Waals surface area contributed by atoms with Gasteiger partial charge in [-0.15, -0.1) is 0 Å². The zero-order chi connectivity index (χ0) is 22.9. The lowest BCUT2D eigenvalue weighted by molar-refractivity contribution is -0.122. The van der Waals surface area contributed by atoms with Crippen LogP contribution in [0.3, 0.4) is 0 Å². The van der Waals surface area contributed by atoms with Crippen LogP contribution in [0.4, 0.5) is 0 Å². The van der Waals surface area contributed by atoms with E-state index in [-0.39, 0.29) is 23.4 Å². The number of sulfonamides is 1. The van der Waals surface area contributed by atoms with E-state index < -0.39 is 10.0 Å². The molecule has 2 heterocycles. The van der Waals surface area contributed by atoms with Gasteiger partial charge in [-0.05, 0) is 49.9 Å². The van der Waals surface area contributed by atoms with Gasteiger partial charge < -0.3 is 5.32 Å². The maximum atomic E-state index is 13.2. The molecule has 0 bridgehead atoms. The summed E-state index contributed by atoms with van der Waals surface area (Å²) in [6.07, 6.45) is 2.80. The molecule has 1 atom stereocenters. The molecule has 1 N–H and O–H groups in total. The van der Waals surface area contributed by atoms with Gasteiger partial charge in [0.05, 0.1) is 17.4 Å². The van der Waals surface area contributed by atoms with Crippen LogP contribution in [0.25, 0.3) is 10.8 Å². The molecule has 7 nitrogen and oxygen atoms in total. The second-order valence-electron chi connectivity index (χ2n) is 8.48. The Bertz CT molecular complexity index is 1240. The third kappa shape index (κ3) is 4.29. The van der Waals surface area contributed by atoms with E-state index in [0.29, 0.717) is 24.5 Å². The highest BCUT2D eigenvalue weighted by molar-refractivity contribution is 7.89. The standard InChI is InChI=1S/C24H30N4O3S/c1-17(21-13-9-11-20-10-5-6-12-22(20)21)25-23(29)16-28-19(3)24(18(2)26-28)32(30,31)27-14-7-4-8-15-27/h5-6,9-13,17H,4,7-8,14-16H2,1-3H3,(H,25,29)/t17-/m1/s1. The number of aromatic nitrogens is 2. The van der Waals surface area contributed by atoms with Gasteiger partial charge in [-0.3, -0.25) is 9.48 Å². The molecule has 0 saturated carbocycles. The Morgan fingerprint density at radius 2 is 1.75 bits per heavy atom. The van der Waals surface area contributed by atoms with Crippen molar-refractivity contribution < 1.29 is 13.2 Å². The number of carbonyl (C=O) groups excluding carboxylic acids is 1. The quantitative estimate of drug-likeness (QED) is 0.615. The van der Waals surface area contributed by atoms with Crippen LogP contribution in [0.1, 0.15) is 49.2 Å². The second kappa shape index (κ2) is 9.03. The van der Waals surface area contributed by atoms with Crippen molar-refractivity contribution in [1.29, 1.82) is 0 Å². The zero-order valence-electron chi connectivity index (χ0n) is 18.8. The van der Waals surface area contributed by atoms with Crippen molar-refractivity contribution in [3.05, 3.63) is 59.4 Å². The lowest BCUT2D eigenvalue weighted by Gasteiger charge is -2.26. The first kappa shape index (κ1) is 22.5. The Kier molecular flexibility index (Phi) is 6.35. The molecule has 8 heteroatoms. The van der Waals surface area contributed by atoms with Gasteiger partial charge in [-0.25, -0.2) is 8.42 Å². The first-order valence-corrected chi connectivity index (χ1v) is 12.5. The molecule has 0 unspecified atom stereocenters. The summed E-state index contributed by atoms with van der Waals surface area (Å²) >= 11 is 0. The number of nitrogens with zero attached hydrogens (tertiary/aromatic N) is 3. The lowest BCUT2D eigenvalue weighted by Crippen LogP contribution is -2.36. The van der Waals surface area contributed by atoms with Crippen molar-refractivity contribution in [1.82, 2.24) is 19.4 Å². The number of nitrogens with one attached hydrogen (secondary N) is 1. The summed E-state index contributed by atoms with van der Waals surface area (Å²) in [5.41, 5.74) is 1.97. The largest absolute Gasteiger partial charge is 0.348 e. The average Bonchev–Trinajstić information content (AvgIpc) is 3.07. The van der Waals surface area contributed by atoms with Gasteiger partial charge in [0.25, 0.3) is 0 Å². The minimum atomic E-state index is -3.61. The molecule has 0 radical (unpaired) electrons. The van der Waals surface area contributed by atoms with E-state index in [4.69, 9.17) is 0 Å². The number of benzene rings is 2. The molecule has 1 amide bonds. The SMILES string of the molecule is Cc1nn(CC(=O)N[C@H](C)c2cccc3ccccc23)c(C)c1S(=O)(=O)N1CCCCC1. The third-order valence-electron chi connectivity index (χ3n) is 6.19. The van der Waals surface area contributed by atoms with Crippen LogP contribution in [0.15, 0.2) is 47.4 Å². The summed E-state index contributed by atoms with van der Waals surface area (Å²) in [5.74, 6) is -0.210. The molecule has 1 fully saturated rings. The summed E-state index contributed by atoms with van der Waals surface area (Å²) < 4.78 is 29.4. The fourth-order valence-electron chi connectivity index (χ4n) is 4.57. The van der Waals surface area contributed by atoms with Crippen LogP contribution in [0.5, 0.6) is 0 Å². The summed E-state index contributed by atoms with van der Waals surface area (Å²) in [6, 6.07) is 13.9. The van der Waals surface area contributed by atoms with E-state index in [2.05, 4.69) is 10.4 Å². The Hall–Kier alpha value is -2.71. The van der Waals surface area contributed by atoms with Crippen LogP contribution in [-0.4, -0.2) is 41.5 Å². The predicted octanol–water partition coefficient (Wildman–Crippen LogP) is 3.71. The summed E-state index contributed by atoms with van der Waals surface area (Å²) in [6.45, 7) is 6.41. The summed E-state index contributed by atoms with van der Waals surface area (Å²) in [5, 5.41) is 9.65. The van der Waals surface area contributed by atoms with Crippen molar-refractivity contribution >= 4 is 26.7 Å². The lowest BCUT2D eigenvalue weighted by atomic mass is 10.00. The monoisotopic (exact) mass is 454 g/mol. The molecule has 1 aliphatic rings. The number of rotatable bonds is 6. The number of amides is 1. The number of hydrogen-bond donors (Lipinski definition) is 1. The first-order valence-electron chi connectivity index (χ1n) is 11.1. The molecule has 3 aromatic rings. The number of hydrogen-bond acceptors (Lipinski definition) is 4. The van der Waals surface area contributed by atoms with Crippen molar-refractivity contribution in [2.75, 3.05) is 13.1 Å². The molecule has 1 aliphatic heterocycles. The predicted molar refractivity (Wildman–Crippen MR) is 125 cm³/mol. The minimum absolute atomic E-state index is 0.0305. The Balaban J connectivity index is 1.52. The Morgan fingerprint density at radius 1 is 1.06 bits per heavy atom. The number of fused-ring (bicyclic) bond motifs is 1. The fraction of sp³-hybridized carbons (Fsp3) is 0.417. The van der Waals surface area contributed by atoms with Crippen LogP contribution in [0.2, 0.25) is 0 Å². The number of carbonyl (C=O) groups is 1. The van der Waals surface area contributed by atoms with Crippen molar-refractivity contribution in [3.63, 3.8) is 0 Å². The third-order valence-corrected chi connectivity index (χ3v) is 8.34. The number of aryl methyl sites for hydroxylation is 1. The second-order valence-corrected chi connectivity index (χ2v) is 10.4. The molecule has 0 spiro atoms. The topological polar surface area (TPSA) is 84.3 Å².